The molecule has 4 rings (SSSR count). The van der Waals surface area contributed by atoms with E-state index >= 15 is 0 Å². The zero-order chi connectivity index (χ0) is 31.3. The average molecular weight is 603 g/mol. The number of rotatable bonds is 8. The topological polar surface area (TPSA) is 156 Å². The van der Waals surface area contributed by atoms with Gasteiger partial charge < -0.3 is 15.2 Å². The second-order valence-electron chi connectivity index (χ2n) is 9.58. The van der Waals surface area contributed by atoms with Gasteiger partial charge in [-0.15, -0.1) is 0 Å². The number of halogens is 3. The van der Waals surface area contributed by atoms with Crippen molar-refractivity contribution in [2.45, 2.75) is 51.7 Å². The van der Waals surface area contributed by atoms with Gasteiger partial charge in [-0.05, 0) is 62.4 Å². The lowest BCUT2D eigenvalue weighted by Gasteiger charge is -2.33. The fourth-order valence-electron chi connectivity index (χ4n) is 4.69. The Labute approximate surface area is 243 Å². The third kappa shape index (κ3) is 6.93. The van der Waals surface area contributed by atoms with Gasteiger partial charge in [-0.3, -0.25) is 19.9 Å². The van der Waals surface area contributed by atoms with Crippen molar-refractivity contribution in [3.63, 3.8) is 0 Å². The van der Waals surface area contributed by atoms with Gasteiger partial charge in [-0.1, -0.05) is 19.1 Å². The van der Waals surface area contributed by atoms with Gasteiger partial charge in [0.05, 0.1) is 12.6 Å². The lowest BCUT2D eigenvalue weighted by atomic mass is 10.0. The number of carboxylic acid groups (broad SMARTS) is 1. The Bertz CT molecular complexity index is 1520. The summed E-state index contributed by atoms with van der Waals surface area (Å²) in [5, 5.41) is 12.5. The van der Waals surface area contributed by atoms with Crippen molar-refractivity contribution in [1.29, 1.82) is 0 Å². The Hall–Kier alpha value is -4.95. The smallest absolute Gasteiger partial charge is 0.465 e. The van der Waals surface area contributed by atoms with Crippen LogP contribution in [0.4, 0.5) is 23.8 Å². The summed E-state index contributed by atoms with van der Waals surface area (Å²) in [6, 6.07) is 8.15. The number of piperidine rings is 1. The second kappa shape index (κ2) is 12.9. The summed E-state index contributed by atoms with van der Waals surface area (Å²) >= 11 is 0. The molecule has 3 amide bonds. The molecule has 12 nitrogen and oxygen atoms in total. The van der Waals surface area contributed by atoms with Crippen LogP contribution >= 0.6 is 0 Å². The van der Waals surface area contributed by atoms with Crippen LogP contribution < -0.4 is 10.7 Å². The minimum Gasteiger partial charge on any atom is -0.465 e. The highest BCUT2D eigenvalue weighted by molar-refractivity contribution is 6.04. The molecule has 2 aromatic heterocycles. The van der Waals surface area contributed by atoms with E-state index in [1.807, 2.05) is 13.0 Å². The fourth-order valence-corrected chi connectivity index (χ4v) is 4.69. The van der Waals surface area contributed by atoms with Gasteiger partial charge in [0.15, 0.2) is 11.5 Å². The van der Waals surface area contributed by atoms with Crippen LogP contribution in [-0.4, -0.2) is 67.9 Å². The molecule has 228 valence electrons. The van der Waals surface area contributed by atoms with Gasteiger partial charge in [0.1, 0.15) is 11.5 Å². The van der Waals surface area contributed by atoms with Crippen molar-refractivity contribution in [3.05, 3.63) is 65.2 Å². The molecule has 43 heavy (non-hydrogen) atoms. The normalized spacial score (nSPS) is 15.1. The first-order chi connectivity index (χ1) is 20.4. The maximum atomic E-state index is 13.3. The average Bonchev–Trinajstić information content (AvgIpc) is 3.35. The summed E-state index contributed by atoms with van der Waals surface area (Å²) in [5.74, 6) is -3.92. The number of imidazole rings is 1. The van der Waals surface area contributed by atoms with Crippen LogP contribution in [0.1, 0.15) is 71.4 Å². The molecule has 15 heteroatoms. The summed E-state index contributed by atoms with van der Waals surface area (Å²) in [6.07, 6.45) is -3.14. The molecule has 1 aromatic carbocycles. The minimum atomic E-state index is -5.33. The molecule has 0 spiro atoms. The number of aryl methyl sites for hydroxylation is 1. The van der Waals surface area contributed by atoms with E-state index in [0.717, 1.165) is 16.9 Å². The Morgan fingerprint density at radius 1 is 1.09 bits per heavy atom. The molecule has 0 bridgehead atoms. The first-order valence-corrected chi connectivity index (χ1v) is 13.5. The number of nitrogens with one attached hydrogen (secondary N) is 2. The summed E-state index contributed by atoms with van der Waals surface area (Å²) in [7, 11) is 0. The molecule has 1 fully saturated rings. The molecule has 0 radical (unpaired) electrons. The van der Waals surface area contributed by atoms with E-state index in [9.17, 15) is 37.5 Å². The molecule has 1 aliphatic rings. The number of carbonyl (C=O) groups is 4. The molecule has 0 aliphatic carbocycles. The van der Waals surface area contributed by atoms with E-state index in [1.54, 1.807) is 17.7 Å². The summed E-state index contributed by atoms with van der Waals surface area (Å²) in [4.78, 5) is 59.5. The quantitative estimate of drug-likeness (QED) is 0.311. The Morgan fingerprint density at radius 2 is 1.81 bits per heavy atom. The van der Waals surface area contributed by atoms with E-state index in [2.05, 4.69) is 15.3 Å². The first-order valence-electron chi connectivity index (χ1n) is 13.5. The number of hydrogen-bond acceptors (Lipinski definition) is 7. The van der Waals surface area contributed by atoms with Crippen LogP contribution in [0.5, 0.6) is 0 Å². The van der Waals surface area contributed by atoms with Gasteiger partial charge >= 0.3 is 24.1 Å². The molecule has 1 saturated heterocycles. The van der Waals surface area contributed by atoms with Crippen LogP contribution in [0.3, 0.4) is 0 Å². The highest BCUT2D eigenvalue weighted by Gasteiger charge is 2.42. The number of alkyl halides is 3. The van der Waals surface area contributed by atoms with Crippen molar-refractivity contribution in [2.24, 2.45) is 0 Å². The van der Waals surface area contributed by atoms with Crippen molar-refractivity contribution < 1.29 is 42.2 Å². The second-order valence-corrected chi connectivity index (χ2v) is 9.58. The van der Waals surface area contributed by atoms with Crippen LogP contribution in [0.25, 0.3) is 11.3 Å². The molecule has 1 aliphatic heterocycles. The van der Waals surface area contributed by atoms with Gasteiger partial charge in [0, 0.05) is 23.9 Å². The maximum absolute atomic E-state index is 13.3. The van der Waals surface area contributed by atoms with Crippen LogP contribution in [0, 0.1) is 0 Å². The van der Waals surface area contributed by atoms with E-state index in [1.165, 1.54) is 31.2 Å². The minimum absolute atomic E-state index is 0.0734. The number of amides is 3. The standard InChI is InChI=1S/C28H29F3N6O6/c1-3-16-12-13-32-20(15-16)33-24(38)18-10-8-17(9-11-18)21-22(25(39)43-4-2)37(35-26(40)28(29,30)31)23(34-21)19-7-5-6-14-36(19)27(41)42/h8-13,15,19H,3-7,14H2,1-2H3,(H,35,40)(H,41,42)(H,32,33,38)/t19-/m0/s1. The molecular weight excluding hydrogens is 573 g/mol. The number of benzene rings is 1. The van der Waals surface area contributed by atoms with Gasteiger partial charge in [0.2, 0.25) is 0 Å². The lowest BCUT2D eigenvalue weighted by Crippen LogP contribution is -2.42. The molecule has 3 heterocycles. The Balaban J connectivity index is 1.79. The molecule has 0 unspecified atom stereocenters. The zero-order valence-electron chi connectivity index (χ0n) is 23.3. The van der Waals surface area contributed by atoms with Crippen molar-refractivity contribution in [1.82, 2.24) is 19.5 Å². The maximum Gasteiger partial charge on any atom is 0.472 e. The lowest BCUT2D eigenvalue weighted by molar-refractivity contribution is -0.168. The molecule has 1 atom stereocenters. The van der Waals surface area contributed by atoms with Crippen LogP contribution in [0.2, 0.25) is 0 Å². The van der Waals surface area contributed by atoms with E-state index < -0.39 is 41.8 Å². The third-order valence-corrected chi connectivity index (χ3v) is 6.78. The highest BCUT2D eigenvalue weighted by atomic mass is 19.4. The van der Waals surface area contributed by atoms with Crippen LogP contribution in [-0.2, 0) is 16.0 Å². The number of likely N-dealkylation sites (tertiary alicyclic amines) is 1. The third-order valence-electron chi connectivity index (χ3n) is 6.78. The predicted octanol–water partition coefficient (Wildman–Crippen LogP) is 4.77. The molecule has 3 aromatic rings. The van der Waals surface area contributed by atoms with Crippen molar-refractivity contribution in [2.75, 3.05) is 23.9 Å². The number of nitrogens with zero attached hydrogens (tertiary/aromatic N) is 4. The van der Waals surface area contributed by atoms with Crippen molar-refractivity contribution in [3.8, 4) is 11.3 Å². The number of hydrogen-bond donors (Lipinski definition) is 3. The van der Waals surface area contributed by atoms with E-state index in [-0.39, 0.29) is 42.2 Å². The van der Waals surface area contributed by atoms with Crippen molar-refractivity contribution >= 4 is 29.7 Å². The number of aromatic nitrogens is 3. The highest BCUT2D eigenvalue weighted by Crippen LogP contribution is 2.35. The first kappa shape index (κ1) is 31.0. The van der Waals surface area contributed by atoms with E-state index in [0.29, 0.717) is 23.3 Å². The van der Waals surface area contributed by atoms with E-state index in [4.69, 9.17) is 4.74 Å². The largest absolute Gasteiger partial charge is 0.472 e. The number of esters is 1. The summed E-state index contributed by atoms with van der Waals surface area (Å²) < 4.78 is 45.6. The zero-order valence-corrected chi connectivity index (χ0v) is 23.3. The monoisotopic (exact) mass is 602 g/mol. The number of anilines is 1. The van der Waals surface area contributed by atoms with Crippen LogP contribution in [0.15, 0.2) is 42.6 Å². The fraction of sp³-hybridized carbons (Fsp3) is 0.357. The van der Waals surface area contributed by atoms with Gasteiger partial charge in [0.25, 0.3) is 5.91 Å². The molecule has 3 N–H and O–H groups in total. The van der Waals surface area contributed by atoms with Gasteiger partial charge in [-0.25, -0.2) is 24.2 Å². The predicted molar refractivity (Wildman–Crippen MR) is 147 cm³/mol. The molecular formula is C28H29F3N6O6. The van der Waals surface area contributed by atoms with Gasteiger partial charge in [-0.2, -0.15) is 13.2 Å². The number of ether oxygens (including phenoxy) is 1. The number of carbonyl (C=O) groups excluding carboxylic acids is 3. The number of pyridine rings is 1. The molecule has 0 saturated carbocycles. The summed E-state index contributed by atoms with van der Waals surface area (Å²) in [5.41, 5.74) is 2.34. The SMILES string of the molecule is CCOC(=O)c1c(-c2ccc(C(=O)Nc3cc(CC)ccn3)cc2)nc([C@@H]2CCCCN2C(=O)O)n1NC(=O)C(F)(F)F. The Morgan fingerprint density at radius 3 is 2.44 bits per heavy atom. The summed E-state index contributed by atoms with van der Waals surface area (Å²) in [6.45, 7) is 3.37. The Kier molecular flexibility index (Phi) is 9.31.